The molecule has 0 aliphatic rings. The van der Waals surface area contributed by atoms with E-state index in [1.807, 2.05) is 6.07 Å². The van der Waals surface area contributed by atoms with Crippen LogP contribution in [0.3, 0.4) is 0 Å². The van der Waals surface area contributed by atoms with Crippen molar-refractivity contribution in [3.05, 3.63) is 30.6 Å². The van der Waals surface area contributed by atoms with Gasteiger partial charge in [0.2, 0.25) is 0 Å². The van der Waals surface area contributed by atoms with Gasteiger partial charge < -0.3 is 28.7 Å². The first-order valence-electron chi connectivity index (χ1n) is 15.8. The van der Waals surface area contributed by atoms with Crippen molar-refractivity contribution in [2.45, 2.75) is 128 Å². The van der Waals surface area contributed by atoms with Crippen LogP contribution >= 0.6 is 7.82 Å². The van der Waals surface area contributed by atoms with Gasteiger partial charge in [0.25, 0.3) is 7.82 Å². The lowest BCUT2D eigenvalue weighted by Crippen LogP contribution is -2.44. The van der Waals surface area contributed by atoms with E-state index >= 15 is 0 Å². The molecule has 0 fully saturated rings. The van der Waals surface area contributed by atoms with Gasteiger partial charge in [-0.2, -0.15) is 4.57 Å². The number of rotatable bonds is 26. The summed E-state index contributed by atoms with van der Waals surface area (Å²) in [6, 6.07) is 4.95. The highest BCUT2D eigenvalue weighted by Crippen LogP contribution is 2.31. The number of amides is 1. The van der Waals surface area contributed by atoms with Gasteiger partial charge in [-0.05, 0) is 6.42 Å². The Morgan fingerprint density at radius 3 is 1.78 bits per heavy atom. The molecule has 1 N–H and O–H groups in total. The van der Waals surface area contributed by atoms with Gasteiger partial charge >= 0.3 is 6.09 Å². The first kappa shape index (κ1) is 37.5. The molecule has 0 saturated heterocycles. The lowest BCUT2D eigenvalue weighted by atomic mass is 10.0. The van der Waals surface area contributed by atoms with Crippen LogP contribution in [0.1, 0.15) is 122 Å². The number of aromatic nitrogens is 1. The van der Waals surface area contributed by atoms with E-state index in [0.29, 0.717) is 6.61 Å². The summed E-state index contributed by atoms with van der Waals surface area (Å²) in [4.78, 5) is 33.9. The average molecular weight is 601 g/mol. The normalized spacial score (nSPS) is 14.4. The maximum atomic E-state index is 12.3. The summed E-state index contributed by atoms with van der Waals surface area (Å²) in [6.45, 7) is 2.74. The minimum absolute atomic E-state index is 0.191. The van der Waals surface area contributed by atoms with Crippen molar-refractivity contribution in [3.8, 4) is 0 Å². The van der Waals surface area contributed by atoms with Gasteiger partial charge in [-0.25, -0.2) is 4.79 Å². The molecule has 238 valence electrons. The third-order valence-corrected chi connectivity index (χ3v) is 7.68. The van der Waals surface area contributed by atoms with Crippen molar-refractivity contribution in [3.63, 3.8) is 0 Å². The van der Waals surface area contributed by atoms with E-state index < -0.39 is 26.1 Å². The molecule has 1 rings (SSSR count). The summed E-state index contributed by atoms with van der Waals surface area (Å²) in [5.41, 5.74) is 0. The Morgan fingerprint density at radius 1 is 0.829 bits per heavy atom. The molecule has 0 bridgehead atoms. The van der Waals surface area contributed by atoms with Crippen LogP contribution in [0.25, 0.3) is 0 Å². The van der Waals surface area contributed by atoms with E-state index in [-0.39, 0.29) is 19.6 Å². The van der Waals surface area contributed by atoms with E-state index in [9.17, 15) is 14.3 Å². The molecular weight excluding hydrogens is 543 g/mol. The Kier molecular flexibility index (Phi) is 21.9. The predicted octanol–water partition coefficient (Wildman–Crippen LogP) is 6.73. The topological polar surface area (TPSA) is 112 Å². The molecule has 0 aromatic carbocycles. The zero-order chi connectivity index (χ0) is 30.2. The maximum absolute atomic E-state index is 12.3. The molecule has 3 atom stereocenters. The molecule has 0 aliphatic carbocycles. The van der Waals surface area contributed by atoms with Crippen molar-refractivity contribution in [2.24, 2.45) is 0 Å². The number of carbonyl (C=O) groups is 1. The third-order valence-electron chi connectivity index (χ3n) is 7.20. The van der Waals surface area contributed by atoms with Crippen LogP contribution in [0.4, 0.5) is 4.79 Å². The van der Waals surface area contributed by atoms with Gasteiger partial charge in [-0.15, -0.1) is 0 Å². The molecule has 1 heterocycles. The van der Waals surface area contributed by atoms with Gasteiger partial charge in [0.05, 0.1) is 13.0 Å². The van der Waals surface area contributed by atoms with Gasteiger partial charge in [-0.3, -0.25) is 4.57 Å². The monoisotopic (exact) mass is 600 g/mol. The quantitative estimate of drug-likeness (QED) is 0.0713. The molecular formula is C31H57N2O7P. The summed E-state index contributed by atoms with van der Waals surface area (Å²) < 4.78 is 29.1. The molecule has 0 spiro atoms. The van der Waals surface area contributed by atoms with Crippen LogP contribution in [0.5, 0.6) is 0 Å². The van der Waals surface area contributed by atoms with E-state index in [1.54, 1.807) is 43.2 Å². The second-order valence-corrected chi connectivity index (χ2v) is 12.5. The van der Waals surface area contributed by atoms with E-state index in [4.69, 9.17) is 14.4 Å². The van der Waals surface area contributed by atoms with E-state index in [2.05, 4.69) is 11.4 Å². The molecule has 10 heteroatoms. The fourth-order valence-electron chi connectivity index (χ4n) is 4.78. The third kappa shape index (κ3) is 21.8. The Hall–Kier alpha value is -1.51. The number of phosphoric ester groups is 1. The number of unbranched alkanes of at least 4 members (excludes halogenated alkanes) is 15. The molecule has 1 amide bonds. The van der Waals surface area contributed by atoms with Gasteiger partial charge in [0, 0.05) is 32.8 Å². The van der Waals surface area contributed by atoms with Crippen LogP contribution in [0.2, 0.25) is 0 Å². The molecule has 0 saturated carbocycles. The number of phosphoric acid groups is 1. The first-order valence-corrected chi connectivity index (χ1v) is 17.3. The van der Waals surface area contributed by atoms with Crippen LogP contribution in [0, 0.1) is 0 Å². The maximum Gasteiger partial charge on any atom is 0.409 e. The SMILES string of the molecule is CCCCCCCCCCCCCCCCCCOCC(CC(COP(=O)([O-])O)[n+]1ccccc1)OC(=O)N(C)C. The van der Waals surface area contributed by atoms with Crippen molar-refractivity contribution in [2.75, 3.05) is 33.9 Å². The Bertz CT molecular complexity index is 807. The van der Waals surface area contributed by atoms with Crippen LogP contribution < -0.4 is 9.46 Å². The molecule has 1 aromatic heterocycles. The predicted molar refractivity (Wildman–Crippen MR) is 160 cm³/mol. The number of hydrogen-bond donors (Lipinski definition) is 1. The molecule has 41 heavy (non-hydrogen) atoms. The number of ether oxygens (including phenoxy) is 2. The summed E-state index contributed by atoms with van der Waals surface area (Å²) in [7, 11) is -1.69. The largest absolute Gasteiger partial charge is 0.756 e. The summed E-state index contributed by atoms with van der Waals surface area (Å²) >= 11 is 0. The van der Waals surface area contributed by atoms with Crippen molar-refractivity contribution in [1.82, 2.24) is 4.90 Å². The molecule has 9 nitrogen and oxygen atoms in total. The van der Waals surface area contributed by atoms with Crippen LogP contribution in [-0.4, -0.2) is 55.9 Å². The van der Waals surface area contributed by atoms with Gasteiger partial charge in [0.15, 0.2) is 18.4 Å². The highest BCUT2D eigenvalue weighted by Gasteiger charge is 2.28. The molecule has 0 aliphatic heterocycles. The zero-order valence-corrected chi connectivity index (χ0v) is 26.8. The zero-order valence-electron chi connectivity index (χ0n) is 25.9. The number of nitrogens with zero attached hydrogens (tertiary/aromatic N) is 2. The second-order valence-electron chi connectivity index (χ2n) is 11.3. The molecule has 3 unspecified atom stereocenters. The average Bonchev–Trinajstić information content (AvgIpc) is 2.94. The fraction of sp³-hybridized carbons (Fsp3) is 0.806. The minimum Gasteiger partial charge on any atom is -0.756 e. The molecule has 1 aromatic rings. The molecule has 0 radical (unpaired) electrons. The number of pyridine rings is 1. The van der Waals surface area contributed by atoms with Crippen molar-refractivity contribution in [1.29, 1.82) is 0 Å². The van der Waals surface area contributed by atoms with E-state index in [1.165, 1.54) is 94.8 Å². The van der Waals surface area contributed by atoms with Gasteiger partial charge in [-0.1, -0.05) is 109 Å². The highest BCUT2D eigenvalue weighted by molar-refractivity contribution is 7.44. The van der Waals surface area contributed by atoms with Crippen LogP contribution in [-0.2, 0) is 18.6 Å². The Labute approximate surface area is 249 Å². The summed E-state index contributed by atoms with van der Waals surface area (Å²) in [5, 5.41) is 0. The fourth-order valence-corrected chi connectivity index (χ4v) is 5.14. The lowest BCUT2D eigenvalue weighted by molar-refractivity contribution is -0.725. The van der Waals surface area contributed by atoms with Crippen molar-refractivity contribution < 1.29 is 37.7 Å². The van der Waals surface area contributed by atoms with E-state index in [0.717, 1.165) is 12.8 Å². The Morgan fingerprint density at radius 2 is 1.32 bits per heavy atom. The highest BCUT2D eigenvalue weighted by atomic mass is 31.2. The second kappa shape index (κ2) is 24.0. The Balaban J connectivity index is 2.26. The van der Waals surface area contributed by atoms with Crippen molar-refractivity contribution >= 4 is 13.9 Å². The van der Waals surface area contributed by atoms with Gasteiger partial charge in [0.1, 0.15) is 12.7 Å². The lowest BCUT2D eigenvalue weighted by Gasteiger charge is -2.24. The first-order chi connectivity index (χ1) is 19.7. The smallest absolute Gasteiger partial charge is 0.409 e. The van der Waals surface area contributed by atoms with Crippen LogP contribution in [0.15, 0.2) is 30.6 Å². The number of carbonyl (C=O) groups excluding carboxylic acids is 1. The standard InChI is InChI=1S/C31H57N2O7P/c1-4-5-6-7-8-9-10-11-12-13-14-15-16-17-18-22-25-38-28-30(40-31(34)32(2)3)26-29(27-39-41(35,36)37)33-23-20-19-21-24-33/h19-21,23-24,29-30H,4-18,22,25-28H2,1-3H3,(H-,35,36,37). The summed E-state index contributed by atoms with van der Waals surface area (Å²) in [6.07, 6.45) is 23.6. The number of hydrogen-bond acceptors (Lipinski definition) is 6. The summed E-state index contributed by atoms with van der Waals surface area (Å²) in [5.74, 6) is 0. The minimum atomic E-state index is -4.89.